The second-order valence-corrected chi connectivity index (χ2v) is 6.17. The predicted molar refractivity (Wildman–Crippen MR) is 96.1 cm³/mol. The molecule has 7 heteroatoms. The van der Waals surface area contributed by atoms with Gasteiger partial charge >= 0.3 is 5.97 Å². The molecule has 0 saturated carbocycles. The number of halogens is 1. The molecule has 0 atom stereocenters. The fourth-order valence-corrected chi connectivity index (χ4v) is 2.44. The van der Waals surface area contributed by atoms with E-state index < -0.39 is 5.97 Å². The van der Waals surface area contributed by atoms with Crippen LogP contribution < -0.4 is 4.74 Å². The van der Waals surface area contributed by atoms with E-state index in [1.165, 1.54) is 0 Å². The van der Waals surface area contributed by atoms with Crippen LogP contribution in [-0.4, -0.2) is 22.2 Å². The van der Waals surface area contributed by atoms with Gasteiger partial charge < -0.3 is 14.0 Å². The summed E-state index contributed by atoms with van der Waals surface area (Å²) in [5, 5.41) is 4.37. The highest BCUT2D eigenvalue weighted by atomic mass is 35.5. The van der Waals surface area contributed by atoms with E-state index in [0.717, 1.165) is 0 Å². The Bertz CT molecular complexity index is 891. The van der Waals surface area contributed by atoms with E-state index in [2.05, 4.69) is 10.1 Å². The smallest absolute Gasteiger partial charge is 0.338 e. The average molecular weight is 373 g/mol. The van der Waals surface area contributed by atoms with Gasteiger partial charge in [-0.25, -0.2) is 4.79 Å². The Kier molecular flexibility index (Phi) is 5.53. The summed E-state index contributed by atoms with van der Waals surface area (Å²) in [6.45, 7) is 3.74. The Hall–Kier alpha value is -2.86. The largest absolute Gasteiger partial charge is 0.491 e. The van der Waals surface area contributed by atoms with Gasteiger partial charge in [-0.15, -0.1) is 0 Å². The third-order valence-electron chi connectivity index (χ3n) is 3.37. The highest BCUT2D eigenvalue weighted by Crippen LogP contribution is 2.25. The van der Waals surface area contributed by atoms with Crippen molar-refractivity contribution in [3.8, 4) is 17.1 Å². The topological polar surface area (TPSA) is 74.5 Å². The van der Waals surface area contributed by atoms with Crippen molar-refractivity contribution in [3.63, 3.8) is 0 Å². The number of carbonyl (C=O) groups is 1. The molecule has 0 fully saturated rings. The summed E-state index contributed by atoms with van der Waals surface area (Å²) in [6.07, 6.45) is 0.0673. The van der Waals surface area contributed by atoms with Crippen molar-refractivity contribution < 1.29 is 18.8 Å². The van der Waals surface area contributed by atoms with Crippen molar-refractivity contribution in [2.45, 2.75) is 26.6 Å². The lowest BCUT2D eigenvalue weighted by molar-refractivity contribution is 0.0430. The fourth-order valence-electron chi connectivity index (χ4n) is 2.22. The van der Waals surface area contributed by atoms with Crippen LogP contribution in [0.4, 0.5) is 0 Å². The molecule has 0 N–H and O–H groups in total. The zero-order chi connectivity index (χ0) is 18.5. The molecular formula is C19H17ClN2O4. The Balaban J connectivity index is 1.61. The highest BCUT2D eigenvalue weighted by molar-refractivity contribution is 6.33. The quantitative estimate of drug-likeness (QED) is 0.591. The lowest BCUT2D eigenvalue weighted by atomic mass is 10.2. The molecule has 134 valence electrons. The number of aromatic nitrogens is 2. The molecule has 1 aromatic heterocycles. The van der Waals surface area contributed by atoms with Crippen molar-refractivity contribution in [1.29, 1.82) is 0 Å². The molecule has 0 aliphatic heterocycles. The van der Waals surface area contributed by atoms with Crippen molar-refractivity contribution in [3.05, 3.63) is 65.0 Å². The number of nitrogens with zero attached hydrogens (tertiary/aromatic N) is 2. The van der Waals surface area contributed by atoms with Gasteiger partial charge in [-0.2, -0.15) is 4.98 Å². The van der Waals surface area contributed by atoms with E-state index in [1.54, 1.807) is 36.4 Å². The number of benzene rings is 2. The monoisotopic (exact) mass is 372 g/mol. The summed E-state index contributed by atoms with van der Waals surface area (Å²) in [4.78, 5) is 16.3. The molecule has 3 aromatic rings. The molecule has 0 spiro atoms. The summed E-state index contributed by atoms with van der Waals surface area (Å²) in [7, 11) is 0. The molecule has 2 aromatic carbocycles. The van der Waals surface area contributed by atoms with Gasteiger partial charge in [-0.05, 0) is 50.2 Å². The van der Waals surface area contributed by atoms with Gasteiger partial charge in [0.25, 0.3) is 5.89 Å². The van der Waals surface area contributed by atoms with Crippen LogP contribution in [0.2, 0.25) is 5.02 Å². The Morgan fingerprint density at radius 1 is 1.15 bits per heavy atom. The third-order valence-corrected chi connectivity index (χ3v) is 3.70. The van der Waals surface area contributed by atoms with Gasteiger partial charge in [0, 0.05) is 5.56 Å². The van der Waals surface area contributed by atoms with E-state index in [0.29, 0.717) is 27.7 Å². The molecule has 0 saturated heterocycles. The molecule has 0 unspecified atom stereocenters. The Morgan fingerprint density at radius 2 is 1.88 bits per heavy atom. The standard InChI is InChI=1S/C19H17ClN2O4/c1-12(2)25-14-9-7-13(8-10-14)19(23)24-11-17-21-18(22-26-17)15-5-3-4-6-16(15)20/h3-10,12H,11H2,1-2H3. The van der Waals surface area contributed by atoms with Crippen LogP contribution in [0.15, 0.2) is 53.1 Å². The van der Waals surface area contributed by atoms with E-state index in [4.69, 9.17) is 25.6 Å². The van der Waals surface area contributed by atoms with E-state index in [9.17, 15) is 4.79 Å². The van der Waals surface area contributed by atoms with Gasteiger partial charge in [0.05, 0.1) is 16.7 Å². The number of hydrogen-bond donors (Lipinski definition) is 0. The third kappa shape index (κ3) is 4.40. The number of carbonyl (C=O) groups excluding carboxylic acids is 1. The second-order valence-electron chi connectivity index (χ2n) is 5.76. The van der Waals surface area contributed by atoms with Gasteiger partial charge in [0.2, 0.25) is 5.82 Å². The van der Waals surface area contributed by atoms with Crippen LogP contribution in [-0.2, 0) is 11.3 Å². The predicted octanol–water partition coefficient (Wildman–Crippen LogP) is 4.53. The maximum Gasteiger partial charge on any atom is 0.338 e. The molecule has 1 heterocycles. The minimum Gasteiger partial charge on any atom is -0.491 e. The Labute approximate surface area is 155 Å². The molecule has 0 amide bonds. The van der Waals surface area contributed by atoms with E-state index in [1.807, 2.05) is 26.0 Å². The van der Waals surface area contributed by atoms with Gasteiger partial charge in [0.15, 0.2) is 6.61 Å². The minimum absolute atomic E-state index is 0.0673. The van der Waals surface area contributed by atoms with Crippen molar-refractivity contribution >= 4 is 17.6 Å². The van der Waals surface area contributed by atoms with Crippen LogP contribution in [0.25, 0.3) is 11.4 Å². The fraction of sp³-hybridized carbons (Fsp3) is 0.211. The number of ether oxygens (including phenoxy) is 2. The van der Waals surface area contributed by atoms with Crippen LogP contribution in [0.1, 0.15) is 30.1 Å². The maximum absolute atomic E-state index is 12.1. The van der Waals surface area contributed by atoms with Gasteiger partial charge in [-0.1, -0.05) is 28.9 Å². The normalized spacial score (nSPS) is 10.8. The molecule has 3 rings (SSSR count). The molecule has 0 radical (unpaired) electrons. The first kappa shape index (κ1) is 17.9. The molecule has 0 bridgehead atoms. The summed E-state index contributed by atoms with van der Waals surface area (Å²) >= 11 is 6.10. The lowest BCUT2D eigenvalue weighted by Gasteiger charge is -2.09. The molecule has 26 heavy (non-hydrogen) atoms. The summed E-state index contributed by atoms with van der Waals surface area (Å²) < 4.78 is 15.8. The van der Waals surface area contributed by atoms with Gasteiger partial charge in [-0.3, -0.25) is 0 Å². The first-order valence-corrected chi connectivity index (χ1v) is 8.42. The minimum atomic E-state index is -0.487. The van der Waals surface area contributed by atoms with Crippen molar-refractivity contribution in [2.75, 3.05) is 0 Å². The Morgan fingerprint density at radius 3 is 2.58 bits per heavy atom. The van der Waals surface area contributed by atoms with Crippen LogP contribution in [0.5, 0.6) is 5.75 Å². The zero-order valence-corrected chi connectivity index (χ0v) is 15.1. The second kappa shape index (κ2) is 8.01. The van der Waals surface area contributed by atoms with E-state index in [-0.39, 0.29) is 18.6 Å². The zero-order valence-electron chi connectivity index (χ0n) is 14.3. The number of hydrogen-bond acceptors (Lipinski definition) is 6. The molecule has 6 nitrogen and oxygen atoms in total. The summed E-state index contributed by atoms with van der Waals surface area (Å²) in [5.74, 6) is 0.737. The van der Waals surface area contributed by atoms with Crippen LogP contribution >= 0.6 is 11.6 Å². The SMILES string of the molecule is CC(C)Oc1ccc(C(=O)OCc2nc(-c3ccccc3Cl)no2)cc1. The number of rotatable bonds is 6. The van der Waals surface area contributed by atoms with Crippen LogP contribution in [0.3, 0.4) is 0 Å². The highest BCUT2D eigenvalue weighted by Gasteiger charge is 2.14. The van der Waals surface area contributed by atoms with Crippen molar-refractivity contribution in [1.82, 2.24) is 10.1 Å². The molecule has 0 aliphatic rings. The molecule has 0 aliphatic carbocycles. The summed E-state index contributed by atoms with van der Waals surface area (Å²) in [6, 6.07) is 13.9. The number of esters is 1. The van der Waals surface area contributed by atoms with Crippen molar-refractivity contribution in [2.24, 2.45) is 0 Å². The van der Waals surface area contributed by atoms with E-state index >= 15 is 0 Å². The van der Waals surface area contributed by atoms with Crippen LogP contribution in [0, 0.1) is 0 Å². The maximum atomic E-state index is 12.1. The first-order chi connectivity index (χ1) is 12.5. The molecular weight excluding hydrogens is 356 g/mol. The average Bonchev–Trinajstić information content (AvgIpc) is 3.09. The van der Waals surface area contributed by atoms with Gasteiger partial charge in [0.1, 0.15) is 5.75 Å². The summed E-state index contributed by atoms with van der Waals surface area (Å²) in [5.41, 5.74) is 1.06. The lowest BCUT2D eigenvalue weighted by Crippen LogP contribution is -2.07. The first-order valence-electron chi connectivity index (χ1n) is 8.04.